The van der Waals surface area contributed by atoms with Crippen LogP contribution in [-0.4, -0.2) is 60.6 Å². The fourth-order valence-electron chi connectivity index (χ4n) is 5.44. The Kier molecular flexibility index (Phi) is 7.53. The van der Waals surface area contributed by atoms with E-state index in [-0.39, 0.29) is 6.79 Å². The fraction of sp³-hybridized carbons (Fsp3) is 0.414. The van der Waals surface area contributed by atoms with Crippen molar-refractivity contribution in [2.75, 3.05) is 59.5 Å². The van der Waals surface area contributed by atoms with Crippen LogP contribution in [0.2, 0.25) is 0 Å². The summed E-state index contributed by atoms with van der Waals surface area (Å²) >= 11 is 5.63. The van der Waals surface area contributed by atoms with Crippen LogP contribution in [0.25, 0.3) is 0 Å². The molecule has 2 saturated heterocycles. The summed E-state index contributed by atoms with van der Waals surface area (Å²) in [5.41, 5.74) is 2.32. The van der Waals surface area contributed by atoms with Gasteiger partial charge in [-0.2, -0.15) is 9.97 Å². The highest BCUT2D eigenvalue weighted by atomic mass is 32.1. The van der Waals surface area contributed by atoms with Gasteiger partial charge >= 0.3 is 0 Å². The van der Waals surface area contributed by atoms with E-state index in [1.165, 1.54) is 24.9 Å². The number of anilines is 4. The highest BCUT2D eigenvalue weighted by Gasteiger charge is 2.24. The van der Waals surface area contributed by atoms with Gasteiger partial charge in [0.05, 0.1) is 0 Å². The van der Waals surface area contributed by atoms with Gasteiger partial charge in [-0.1, -0.05) is 24.3 Å². The Labute approximate surface area is 235 Å². The molecule has 2 fully saturated rings. The van der Waals surface area contributed by atoms with Gasteiger partial charge in [-0.25, -0.2) is 0 Å². The quantitative estimate of drug-likeness (QED) is 0.435. The van der Waals surface area contributed by atoms with Gasteiger partial charge in [0.2, 0.25) is 12.7 Å². The SMILES string of the molecule is C[C@@H]1CCCCN1c1cc(N2CCN(c3ccccc3)CC2)nc(NC(=S)NCc2ccc3c(c2)OCO3)n1. The van der Waals surface area contributed by atoms with Gasteiger partial charge in [-0.3, -0.25) is 0 Å². The molecule has 6 rings (SSSR count). The largest absolute Gasteiger partial charge is 0.454 e. The highest BCUT2D eigenvalue weighted by molar-refractivity contribution is 7.80. The van der Waals surface area contributed by atoms with Crippen LogP contribution in [-0.2, 0) is 6.54 Å². The maximum atomic E-state index is 5.63. The Morgan fingerprint density at radius 2 is 1.67 bits per heavy atom. The summed E-state index contributed by atoms with van der Waals surface area (Å²) in [6.07, 6.45) is 3.61. The molecule has 204 valence electrons. The molecule has 0 amide bonds. The number of piperidine rings is 1. The number of hydrogen-bond acceptors (Lipinski definition) is 8. The molecule has 9 nitrogen and oxygen atoms in total. The molecule has 4 heterocycles. The van der Waals surface area contributed by atoms with Crippen LogP contribution in [0.15, 0.2) is 54.6 Å². The predicted molar refractivity (Wildman–Crippen MR) is 159 cm³/mol. The summed E-state index contributed by atoms with van der Waals surface area (Å²) in [5, 5.41) is 7.01. The topological polar surface area (TPSA) is 78.0 Å². The Balaban J connectivity index is 1.16. The van der Waals surface area contributed by atoms with E-state index in [0.29, 0.717) is 23.6 Å². The minimum atomic E-state index is 0.263. The molecule has 1 aromatic heterocycles. The molecule has 0 radical (unpaired) electrons. The summed E-state index contributed by atoms with van der Waals surface area (Å²) in [6, 6.07) is 19.1. The third-order valence-corrected chi connectivity index (χ3v) is 7.88. The number of hydrogen-bond donors (Lipinski definition) is 2. The number of piperazine rings is 1. The third-order valence-electron chi connectivity index (χ3n) is 7.64. The van der Waals surface area contributed by atoms with Crippen molar-refractivity contribution < 1.29 is 9.47 Å². The molecule has 3 aromatic rings. The number of rotatable bonds is 6. The predicted octanol–water partition coefficient (Wildman–Crippen LogP) is 4.40. The molecule has 3 aliphatic heterocycles. The Hall–Kier alpha value is -3.79. The number of fused-ring (bicyclic) bond motifs is 1. The summed E-state index contributed by atoms with van der Waals surface area (Å²) in [6.45, 7) is 7.79. The average Bonchev–Trinajstić information content (AvgIpc) is 3.45. The lowest BCUT2D eigenvalue weighted by Crippen LogP contribution is -2.47. The van der Waals surface area contributed by atoms with Crippen LogP contribution in [0.3, 0.4) is 0 Å². The number of benzene rings is 2. The van der Waals surface area contributed by atoms with E-state index >= 15 is 0 Å². The van der Waals surface area contributed by atoms with Crippen LogP contribution in [0.1, 0.15) is 31.7 Å². The molecule has 2 N–H and O–H groups in total. The van der Waals surface area contributed by atoms with Crippen molar-refractivity contribution in [1.29, 1.82) is 0 Å². The molecule has 0 spiro atoms. The maximum Gasteiger partial charge on any atom is 0.232 e. The molecule has 0 saturated carbocycles. The zero-order valence-corrected chi connectivity index (χ0v) is 23.1. The van der Waals surface area contributed by atoms with Gasteiger partial charge in [0, 0.05) is 57.1 Å². The molecule has 2 aromatic carbocycles. The van der Waals surface area contributed by atoms with Gasteiger partial charge in [0.1, 0.15) is 11.6 Å². The smallest absolute Gasteiger partial charge is 0.232 e. The zero-order valence-electron chi connectivity index (χ0n) is 22.3. The molecule has 3 aliphatic rings. The van der Waals surface area contributed by atoms with Crippen molar-refractivity contribution in [3.8, 4) is 11.5 Å². The van der Waals surface area contributed by atoms with Crippen molar-refractivity contribution >= 4 is 40.6 Å². The number of thiocarbonyl (C=S) groups is 1. The van der Waals surface area contributed by atoms with Gasteiger partial charge in [-0.05, 0) is 68.2 Å². The lowest BCUT2D eigenvalue weighted by molar-refractivity contribution is 0.174. The highest BCUT2D eigenvalue weighted by Crippen LogP contribution is 2.32. The molecule has 10 heteroatoms. The maximum absolute atomic E-state index is 5.63. The van der Waals surface area contributed by atoms with Crippen LogP contribution >= 0.6 is 12.2 Å². The van der Waals surface area contributed by atoms with E-state index in [9.17, 15) is 0 Å². The summed E-state index contributed by atoms with van der Waals surface area (Å²) in [7, 11) is 0. The normalized spacial score (nSPS) is 18.7. The Morgan fingerprint density at radius 3 is 2.49 bits per heavy atom. The minimum Gasteiger partial charge on any atom is -0.454 e. The van der Waals surface area contributed by atoms with E-state index in [2.05, 4.69) is 68.7 Å². The third kappa shape index (κ3) is 5.95. The summed E-state index contributed by atoms with van der Waals surface area (Å²) < 4.78 is 10.9. The van der Waals surface area contributed by atoms with Crippen LogP contribution < -0.4 is 34.8 Å². The number of ether oxygens (including phenoxy) is 2. The van der Waals surface area contributed by atoms with Crippen molar-refractivity contribution in [2.45, 2.75) is 38.8 Å². The van der Waals surface area contributed by atoms with Crippen molar-refractivity contribution in [3.05, 3.63) is 60.2 Å². The van der Waals surface area contributed by atoms with Gasteiger partial charge in [0.25, 0.3) is 0 Å². The van der Waals surface area contributed by atoms with E-state index in [4.69, 9.17) is 31.7 Å². The summed E-state index contributed by atoms with van der Waals surface area (Å²) in [4.78, 5) is 17.0. The van der Waals surface area contributed by atoms with Crippen LogP contribution in [0.5, 0.6) is 11.5 Å². The first-order valence-electron chi connectivity index (χ1n) is 13.8. The molecule has 39 heavy (non-hydrogen) atoms. The Bertz CT molecular complexity index is 1300. The zero-order chi connectivity index (χ0) is 26.6. The number of nitrogens with zero attached hydrogens (tertiary/aromatic N) is 5. The minimum absolute atomic E-state index is 0.263. The molecular weight excluding hydrogens is 510 g/mol. The molecule has 0 unspecified atom stereocenters. The van der Waals surface area contributed by atoms with Crippen LogP contribution in [0.4, 0.5) is 23.3 Å². The van der Waals surface area contributed by atoms with Crippen LogP contribution in [0, 0.1) is 0 Å². The standard InChI is InChI=1S/C29H35N7O2S/c1-21-7-5-6-12-36(21)27-18-26(35-15-13-34(14-16-35)23-8-3-2-4-9-23)31-28(32-27)33-29(39)30-19-22-10-11-24-25(17-22)38-20-37-24/h2-4,8-11,17-18,21H,5-7,12-16,19-20H2,1H3,(H2,30,31,32,33,39)/t21-/m1/s1. The molecule has 0 aliphatic carbocycles. The molecule has 0 bridgehead atoms. The number of aromatic nitrogens is 2. The van der Waals surface area contributed by atoms with Crippen molar-refractivity contribution in [3.63, 3.8) is 0 Å². The Morgan fingerprint density at radius 1 is 0.897 bits per heavy atom. The first kappa shape index (κ1) is 25.5. The second kappa shape index (κ2) is 11.5. The van der Waals surface area contributed by atoms with Gasteiger partial charge < -0.3 is 34.8 Å². The van der Waals surface area contributed by atoms with Crippen molar-refractivity contribution in [2.24, 2.45) is 0 Å². The second-order valence-corrected chi connectivity index (χ2v) is 10.7. The van der Waals surface area contributed by atoms with E-state index < -0.39 is 0 Å². The lowest BCUT2D eigenvalue weighted by atomic mass is 10.0. The van der Waals surface area contributed by atoms with Gasteiger partial charge in [-0.15, -0.1) is 0 Å². The van der Waals surface area contributed by atoms with E-state index in [1.54, 1.807) is 0 Å². The monoisotopic (exact) mass is 545 g/mol. The first-order valence-corrected chi connectivity index (χ1v) is 14.2. The van der Waals surface area contributed by atoms with E-state index in [1.807, 2.05) is 18.2 Å². The average molecular weight is 546 g/mol. The fourth-order valence-corrected chi connectivity index (χ4v) is 5.60. The second-order valence-electron chi connectivity index (χ2n) is 10.3. The molecular formula is C29H35N7O2S. The van der Waals surface area contributed by atoms with Crippen molar-refractivity contribution in [1.82, 2.24) is 15.3 Å². The first-order chi connectivity index (χ1) is 19.1. The number of para-hydroxylation sites is 1. The summed E-state index contributed by atoms with van der Waals surface area (Å²) in [5.74, 6) is 3.95. The lowest BCUT2D eigenvalue weighted by Gasteiger charge is -2.38. The van der Waals surface area contributed by atoms with E-state index in [0.717, 1.165) is 61.4 Å². The van der Waals surface area contributed by atoms with Gasteiger partial charge in [0.15, 0.2) is 16.6 Å². The molecule has 1 atom stereocenters. The number of nitrogens with one attached hydrogen (secondary N) is 2.